The molecule has 33 valence electrons. The summed E-state index contributed by atoms with van der Waals surface area (Å²) >= 11 is 0. The van der Waals surface area contributed by atoms with Crippen molar-refractivity contribution in [1.29, 1.82) is 0 Å². The average molecular weight is 159 g/mol. The van der Waals surface area contributed by atoms with E-state index in [0.29, 0.717) is 0 Å². The zero-order valence-electron chi connectivity index (χ0n) is 3.51. The van der Waals surface area contributed by atoms with Crippen LogP contribution in [-0.4, -0.2) is 13.6 Å². The second-order valence-electron chi connectivity index (χ2n) is 0.632. The maximum absolute atomic E-state index is 3.74. The molecule has 0 bridgehead atoms. The first-order chi connectivity index (χ1) is 1.91. The summed E-state index contributed by atoms with van der Waals surface area (Å²) in [5, 5.41) is 3.74. The molecular formula is C3H8NRu. The molecule has 1 nitrogen and oxygen atoms in total. The van der Waals surface area contributed by atoms with Crippen molar-refractivity contribution in [3.8, 4) is 0 Å². The monoisotopic (exact) mass is 160 g/mol. The molecule has 0 aromatic rings. The van der Waals surface area contributed by atoms with Gasteiger partial charge in [-0.15, -0.1) is 0 Å². The minimum Gasteiger partial charge on any atom is -0.665 e. The molecule has 0 unspecified atom stereocenters. The average Bonchev–Trinajstić information content (AvgIpc) is 1.37. The van der Waals surface area contributed by atoms with Crippen molar-refractivity contribution in [2.75, 3.05) is 13.6 Å². The Morgan fingerprint density at radius 2 is 1.80 bits per heavy atom. The van der Waals surface area contributed by atoms with Gasteiger partial charge in [-0.2, -0.15) is 13.6 Å². The van der Waals surface area contributed by atoms with Gasteiger partial charge in [-0.05, 0) is 0 Å². The van der Waals surface area contributed by atoms with E-state index < -0.39 is 0 Å². The molecule has 0 aliphatic carbocycles. The zero-order chi connectivity index (χ0) is 3.41. The van der Waals surface area contributed by atoms with E-state index in [0.717, 1.165) is 6.54 Å². The fraction of sp³-hybridized carbons (Fsp3) is 1.00. The summed E-state index contributed by atoms with van der Waals surface area (Å²) in [4.78, 5) is 0. The van der Waals surface area contributed by atoms with Crippen LogP contribution in [0.4, 0.5) is 0 Å². The van der Waals surface area contributed by atoms with Crippen LogP contribution < -0.4 is 0 Å². The third-order valence-corrected chi connectivity index (χ3v) is 0.316. The fourth-order valence-electron chi connectivity index (χ4n) is 0. The number of nitrogens with zero attached hydrogens (tertiary/aromatic N) is 1. The van der Waals surface area contributed by atoms with E-state index in [1.807, 2.05) is 6.92 Å². The number of hydrogen-bond acceptors (Lipinski definition) is 0. The molecule has 0 aromatic heterocycles. The molecule has 0 heterocycles. The number of hydrogen-bond donors (Lipinski definition) is 0. The molecule has 2 heteroatoms. The van der Waals surface area contributed by atoms with E-state index in [9.17, 15) is 0 Å². The van der Waals surface area contributed by atoms with Crippen LogP contribution in [0.2, 0.25) is 0 Å². The summed E-state index contributed by atoms with van der Waals surface area (Å²) in [6.45, 7) is 2.96. The minimum absolute atomic E-state index is 0. The van der Waals surface area contributed by atoms with Gasteiger partial charge in [0.25, 0.3) is 0 Å². The predicted molar refractivity (Wildman–Crippen MR) is 19.8 cm³/mol. The van der Waals surface area contributed by atoms with Crippen LogP contribution in [0.3, 0.4) is 0 Å². The van der Waals surface area contributed by atoms with Crippen molar-refractivity contribution in [3.05, 3.63) is 5.32 Å². The predicted octanol–water partition coefficient (Wildman–Crippen LogP) is 1.01. The molecule has 0 saturated carbocycles. The van der Waals surface area contributed by atoms with Crippen LogP contribution in [0, 0.1) is 0 Å². The summed E-state index contributed by atoms with van der Waals surface area (Å²) in [6.07, 6.45) is 0. The molecule has 0 aliphatic rings. The Hall–Kier alpha value is 0.583. The normalized spacial score (nSPS) is 6.00. The molecule has 0 spiro atoms. The van der Waals surface area contributed by atoms with Crippen molar-refractivity contribution in [2.45, 2.75) is 6.92 Å². The molecule has 0 amide bonds. The third kappa shape index (κ3) is 12.2. The van der Waals surface area contributed by atoms with E-state index >= 15 is 0 Å². The van der Waals surface area contributed by atoms with E-state index in [-0.39, 0.29) is 19.5 Å². The van der Waals surface area contributed by atoms with Gasteiger partial charge in [0.05, 0.1) is 0 Å². The largest absolute Gasteiger partial charge is 1.00 e. The van der Waals surface area contributed by atoms with E-state index in [1.54, 1.807) is 7.05 Å². The Kier molecular flexibility index (Phi) is 16.1. The van der Waals surface area contributed by atoms with Crippen molar-refractivity contribution < 1.29 is 19.5 Å². The van der Waals surface area contributed by atoms with Crippen molar-refractivity contribution in [3.63, 3.8) is 0 Å². The molecule has 5 heavy (non-hydrogen) atoms. The van der Waals surface area contributed by atoms with Crippen molar-refractivity contribution >= 4 is 0 Å². The van der Waals surface area contributed by atoms with Gasteiger partial charge in [0.2, 0.25) is 0 Å². The van der Waals surface area contributed by atoms with Crippen LogP contribution in [0.25, 0.3) is 5.32 Å². The Balaban J connectivity index is 0. The molecule has 0 rings (SSSR count). The SMILES string of the molecule is CC[N-]C.[Ru+]. The summed E-state index contributed by atoms with van der Waals surface area (Å²) < 4.78 is 0. The van der Waals surface area contributed by atoms with Crippen LogP contribution in [0.5, 0.6) is 0 Å². The summed E-state index contributed by atoms with van der Waals surface area (Å²) in [5.41, 5.74) is 0. The summed E-state index contributed by atoms with van der Waals surface area (Å²) in [7, 11) is 1.81. The first-order valence-electron chi connectivity index (χ1n) is 1.47. The molecule has 0 fully saturated rings. The van der Waals surface area contributed by atoms with E-state index in [4.69, 9.17) is 0 Å². The topological polar surface area (TPSA) is 14.1 Å². The van der Waals surface area contributed by atoms with E-state index in [1.165, 1.54) is 0 Å². The van der Waals surface area contributed by atoms with Crippen LogP contribution in [0.15, 0.2) is 0 Å². The Bertz CT molecular complexity index is 8.85. The van der Waals surface area contributed by atoms with Crippen LogP contribution >= 0.6 is 0 Å². The van der Waals surface area contributed by atoms with Gasteiger partial charge in [0.1, 0.15) is 0 Å². The van der Waals surface area contributed by atoms with Gasteiger partial charge >= 0.3 is 19.5 Å². The zero-order valence-corrected chi connectivity index (χ0v) is 5.25. The molecule has 1 radical (unpaired) electrons. The van der Waals surface area contributed by atoms with Crippen LogP contribution in [0.1, 0.15) is 6.92 Å². The maximum atomic E-state index is 3.74. The summed E-state index contributed by atoms with van der Waals surface area (Å²) in [5.74, 6) is 0. The maximum Gasteiger partial charge on any atom is 1.00 e. The van der Waals surface area contributed by atoms with Crippen molar-refractivity contribution in [2.24, 2.45) is 0 Å². The second kappa shape index (κ2) is 8.82. The van der Waals surface area contributed by atoms with Crippen LogP contribution in [-0.2, 0) is 19.5 Å². The van der Waals surface area contributed by atoms with Gasteiger partial charge in [0.15, 0.2) is 0 Å². The van der Waals surface area contributed by atoms with Gasteiger partial charge in [-0.3, -0.25) is 0 Å². The minimum atomic E-state index is 0. The van der Waals surface area contributed by atoms with Gasteiger partial charge < -0.3 is 5.32 Å². The molecule has 0 N–H and O–H groups in total. The molecule has 0 aliphatic heterocycles. The van der Waals surface area contributed by atoms with Gasteiger partial charge in [0, 0.05) is 0 Å². The van der Waals surface area contributed by atoms with Gasteiger partial charge in [-0.25, -0.2) is 0 Å². The first kappa shape index (κ1) is 9.13. The molecule has 0 atom stereocenters. The van der Waals surface area contributed by atoms with Gasteiger partial charge in [-0.1, -0.05) is 6.92 Å². The molecule has 0 saturated heterocycles. The number of rotatable bonds is 1. The summed E-state index contributed by atoms with van der Waals surface area (Å²) in [6, 6.07) is 0. The van der Waals surface area contributed by atoms with E-state index in [2.05, 4.69) is 5.32 Å². The smallest absolute Gasteiger partial charge is 0.665 e. The fourth-order valence-corrected chi connectivity index (χ4v) is 0. The standard InChI is InChI=1S/C3H8N.Ru/c1-3-4-2;/h3H2,1-2H3;/q-1;+1. The Morgan fingerprint density at radius 3 is 1.80 bits per heavy atom. The quantitative estimate of drug-likeness (QED) is 0.507. The van der Waals surface area contributed by atoms with Crippen molar-refractivity contribution in [1.82, 2.24) is 0 Å². The Morgan fingerprint density at radius 1 is 1.60 bits per heavy atom. The molecular weight excluding hydrogens is 151 g/mol. The third-order valence-electron chi connectivity index (χ3n) is 0.316. The molecule has 0 aromatic carbocycles. The first-order valence-corrected chi connectivity index (χ1v) is 1.47. The Labute approximate surface area is 45.9 Å². The second-order valence-corrected chi connectivity index (χ2v) is 0.632.